The lowest BCUT2D eigenvalue weighted by molar-refractivity contribution is 0.308. The van der Waals surface area contributed by atoms with Crippen LogP contribution in [-0.2, 0) is 5.41 Å². The Bertz CT molecular complexity index is 494. The third-order valence-corrected chi connectivity index (χ3v) is 6.20. The van der Waals surface area contributed by atoms with Crippen LogP contribution in [0.15, 0.2) is 16.6 Å². The van der Waals surface area contributed by atoms with E-state index in [9.17, 15) is 5.11 Å². The highest BCUT2D eigenvalue weighted by Crippen LogP contribution is 2.72. The first-order chi connectivity index (χ1) is 7.88. The summed E-state index contributed by atoms with van der Waals surface area (Å²) in [6.07, 6.45) is 3.94. The van der Waals surface area contributed by atoms with Crippen LogP contribution in [0.25, 0.3) is 0 Å². The van der Waals surface area contributed by atoms with E-state index in [-0.39, 0.29) is 5.41 Å². The molecule has 3 atom stereocenters. The third-order valence-electron chi connectivity index (χ3n) is 5.54. The minimum Gasteiger partial charge on any atom is -0.508 e. The Morgan fingerprint density at radius 1 is 1.35 bits per heavy atom. The van der Waals surface area contributed by atoms with Crippen LogP contribution in [0, 0.1) is 18.3 Å². The number of hydrogen-bond acceptors (Lipinski definition) is 1. The molecule has 0 bridgehead atoms. The van der Waals surface area contributed by atoms with Gasteiger partial charge in [0.05, 0.1) is 0 Å². The molecule has 2 fully saturated rings. The zero-order chi connectivity index (χ0) is 12.4. The Hall–Kier alpha value is -0.500. The SMILES string of the molecule is Cc1cc(Br)c([C@]2(C)CCC3CC32C)cc1O. The summed E-state index contributed by atoms with van der Waals surface area (Å²) in [6.45, 7) is 6.73. The molecule has 0 saturated heterocycles. The molecule has 0 amide bonds. The van der Waals surface area contributed by atoms with Crippen molar-refractivity contribution in [1.29, 1.82) is 0 Å². The second-order valence-electron chi connectivity index (χ2n) is 6.31. The van der Waals surface area contributed by atoms with E-state index < -0.39 is 0 Å². The quantitative estimate of drug-likeness (QED) is 0.806. The van der Waals surface area contributed by atoms with Crippen molar-refractivity contribution in [3.8, 4) is 5.75 Å². The lowest BCUT2D eigenvalue weighted by Gasteiger charge is -2.34. The summed E-state index contributed by atoms with van der Waals surface area (Å²) in [6, 6.07) is 4.03. The van der Waals surface area contributed by atoms with E-state index in [1.807, 2.05) is 13.0 Å². The maximum atomic E-state index is 9.96. The number of benzene rings is 1. The largest absolute Gasteiger partial charge is 0.508 e. The molecular formula is C15H19BrO. The van der Waals surface area contributed by atoms with Gasteiger partial charge in [0.1, 0.15) is 5.75 Å². The predicted octanol–water partition coefficient (Wildman–Crippen LogP) is 4.54. The van der Waals surface area contributed by atoms with Crippen molar-refractivity contribution in [3.05, 3.63) is 27.7 Å². The average molecular weight is 295 g/mol. The maximum absolute atomic E-state index is 9.96. The number of aromatic hydroxyl groups is 1. The zero-order valence-corrected chi connectivity index (χ0v) is 12.3. The molecule has 1 aromatic carbocycles. The van der Waals surface area contributed by atoms with Crippen molar-refractivity contribution < 1.29 is 5.11 Å². The molecule has 0 heterocycles. The first-order valence-electron chi connectivity index (χ1n) is 6.38. The van der Waals surface area contributed by atoms with Crippen LogP contribution in [0.4, 0.5) is 0 Å². The Labute approximate surface area is 111 Å². The maximum Gasteiger partial charge on any atom is 0.118 e. The van der Waals surface area contributed by atoms with E-state index in [0.717, 1.165) is 16.0 Å². The average Bonchev–Trinajstić information content (AvgIpc) is 2.87. The number of halogens is 1. The summed E-state index contributed by atoms with van der Waals surface area (Å²) in [7, 11) is 0. The fraction of sp³-hybridized carbons (Fsp3) is 0.600. The first-order valence-corrected chi connectivity index (χ1v) is 7.17. The first kappa shape index (κ1) is 11.6. The topological polar surface area (TPSA) is 20.2 Å². The van der Waals surface area contributed by atoms with Crippen LogP contribution < -0.4 is 0 Å². The van der Waals surface area contributed by atoms with Crippen molar-refractivity contribution in [1.82, 2.24) is 0 Å². The van der Waals surface area contributed by atoms with Crippen LogP contribution >= 0.6 is 15.9 Å². The van der Waals surface area contributed by atoms with Gasteiger partial charge >= 0.3 is 0 Å². The van der Waals surface area contributed by atoms with Gasteiger partial charge in [0.25, 0.3) is 0 Å². The molecule has 0 radical (unpaired) electrons. The van der Waals surface area contributed by atoms with Crippen molar-refractivity contribution in [2.45, 2.75) is 45.4 Å². The number of rotatable bonds is 1. The fourth-order valence-electron chi connectivity index (χ4n) is 3.82. The number of fused-ring (bicyclic) bond motifs is 1. The van der Waals surface area contributed by atoms with Crippen LogP contribution in [-0.4, -0.2) is 5.11 Å². The van der Waals surface area contributed by atoms with E-state index in [1.54, 1.807) is 0 Å². The van der Waals surface area contributed by atoms with Crippen molar-refractivity contribution in [2.75, 3.05) is 0 Å². The second-order valence-corrected chi connectivity index (χ2v) is 7.16. The highest BCUT2D eigenvalue weighted by atomic mass is 79.9. The molecule has 1 aromatic rings. The smallest absolute Gasteiger partial charge is 0.118 e. The lowest BCUT2D eigenvalue weighted by Crippen LogP contribution is -2.29. The second kappa shape index (κ2) is 3.28. The highest BCUT2D eigenvalue weighted by molar-refractivity contribution is 9.10. The molecule has 1 nitrogen and oxygen atoms in total. The Morgan fingerprint density at radius 2 is 2.06 bits per heavy atom. The number of aryl methyl sites for hydroxylation is 1. The summed E-state index contributed by atoms with van der Waals surface area (Å²) in [5, 5.41) is 9.96. The Balaban J connectivity index is 2.13. The lowest BCUT2D eigenvalue weighted by atomic mass is 9.70. The number of hydrogen-bond donors (Lipinski definition) is 1. The normalized spacial score (nSPS) is 39.2. The van der Waals surface area contributed by atoms with Gasteiger partial charge in [0.15, 0.2) is 0 Å². The van der Waals surface area contributed by atoms with Gasteiger partial charge < -0.3 is 5.11 Å². The summed E-state index contributed by atoms with van der Waals surface area (Å²) in [5.41, 5.74) is 2.92. The van der Waals surface area contributed by atoms with Crippen LogP contribution in [0.1, 0.15) is 44.2 Å². The third kappa shape index (κ3) is 1.36. The van der Waals surface area contributed by atoms with Crippen molar-refractivity contribution in [2.24, 2.45) is 11.3 Å². The summed E-state index contributed by atoms with van der Waals surface area (Å²) in [5.74, 6) is 1.33. The molecule has 2 heteroatoms. The van der Waals surface area contributed by atoms with E-state index in [1.165, 1.54) is 24.8 Å². The van der Waals surface area contributed by atoms with Crippen LogP contribution in [0.3, 0.4) is 0 Å². The molecule has 1 N–H and O–H groups in total. The summed E-state index contributed by atoms with van der Waals surface area (Å²) in [4.78, 5) is 0. The van der Waals surface area contributed by atoms with E-state index >= 15 is 0 Å². The van der Waals surface area contributed by atoms with Gasteiger partial charge in [0.2, 0.25) is 0 Å². The molecule has 17 heavy (non-hydrogen) atoms. The van der Waals surface area contributed by atoms with Crippen LogP contribution in [0.5, 0.6) is 5.75 Å². The molecule has 0 spiro atoms. The summed E-state index contributed by atoms with van der Waals surface area (Å²) < 4.78 is 1.16. The Kier molecular flexibility index (Phi) is 2.24. The van der Waals surface area contributed by atoms with Gasteiger partial charge in [-0.1, -0.05) is 29.8 Å². The van der Waals surface area contributed by atoms with Gasteiger partial charge in [-0.2, -0.15) is 0 Å². The number of phenols is 1. The van der Waals surface area contributed by atoms with Gasteiger partial charge in [0, 0.05) is 4.47 Å². The molecule has 2 aliphatic rings. The van der Waals surface area contributed by atoms with Gasteiger partial charge in [-0.25, -0.2) is 0 Å². The minimum atomic E-state index is 0.224. The minimum absolute atomic E-state index is 0.224. The predicted molar refractivity (Wildman–Crippen MR) is 73.3 cm³/mol. The fourth-order valence-corrected chi connectivity index (χ4v) is 4.72. The Morgan fingerprint density at radius 3 is 2.59 bits per heavy atom. The number of phenolic OH excluding ortho intramolecular Hbond substituents is 1. The van der Waals surface area contributed by atoms with Crippen molar-refractivity contribution >= 4 is 15.9 Å². The molecule has 0 aliphatic heterocycles. The van der Waals surface area contributed by atoms with Gasteiger partial charge in [-0.05, 0) is 66.2 Å². The molecule has 3 rings (SSSR count). The molecular weight excluding hydrogens is 276 g/mol. The van der Waals surface area contributed by atoms with Crippen molar-refractivity contribution in [3.63, 3.8) is 0 Å². The highest BCUT2D eigenvalue weighted by Gasteiger charge is 2.65. The standard InChI is InChI=1S/C15H19BrO/c1-9-6-12(16)11(7-13(9)17)14(2)5-4-10-8-15(10,14)3/h6-7,10,17H,4-5,8H2,1-3H3/t10?,14-,15?/m0/s1. The monoisotopic (exact) mass is 294 g/mol. The molecule has 92 valence electrons. The van der Waals surface area contributed by atoms with E-state index in [0.29, 0.717) is 11.2 Å². The molecule has 2 aliphatic carbocycles. The molecule has 2 saturated carbocycles. The van der Waals surface area contributed by atoms with Gasteiger partial charge in [-0.15, -0.1) is 0 Å². The summed E-state index contributed by atoms with van der Waals surface area (Å²) >= 11 is 3.69. The van der Waals surface area contributed by atoms with E-state index in [2.05, 4.69) is 35.8 Å². The van der Waals surface area contributed by atoms with E-state index in [4.69, 9.17) is 0 Å². The van der Waals surface area contributed by atoms with Gasteiger partial charge in [-0.3, -0.25) is 0 Å². The molecule has 2 unspecified atom stereocenters. The van der Waals surface area contributed by atoms with Crippen LogP contribution in [0.2, 0.25) is 0 Å². The zero-order valence-electron chi connectivity index (χ0n) is 10.7. The molecule has 0 aromatic heterocycles.